The van der Waals surface area contributed by atoms with Gasteiger partial charge in [-0.1, -0.05) is 5.16 Å². The van der Waals surface area contributed by atoms with Crippen molar-refractivity contribution < 1.29 is 13.8 Å². The van der Waals surface area contributed by atoms with Crippen LogP contribution in [0.15, 0.2) is 22.7 Å². The standard InChI is InChI=1S/C11H11FN4O3/c1-6(13)4-10-14-11(19-15-10)8-5-7(12)2-3-9(8)16(17)18/h2-3,5-6H,4,13H2,1H3. The monoisotopic (exact) mass is 266 g/mol. The van der Waals surface area contributed by atoms with Crippen LogP contribution in [0.5, 0.6) is 0 Å². The molecular weight excluding hydrogens is 255 g/mol. The predicted octanol–water partition coefficient (Wildman–Crippen LogP) is 1.67. The summed E-state index contributed by atoms with van der Waals surface area (Å²) in [6.45, 7) is 1.76. The third-order valence-corrected chi connectivity index (χ3v) is 2.36. The van der Waals surface area contributed by atoms with Gasteiger partial charge in [-0.3, -0.25) is 10.1 Å². The largest absolute Gasteiger partial charge is 0.334 e. The normalized spacial score (nSPS) is 12.4. The summed E-state index contributed by atoms with van der Waals surface area (Å²) in [6.07, 6.45) is 0.368. The Hall–Kier alpha value is -2.35. The van der Waals surface area contributed by atoms with Gasteiger partial charge < -0.3 is 10.3 Å². The number of nitro groups is 1. The van der Waals surface area contributed by atoms with Crippen LogP contribution in [0.1, 0.15) is 12.7 Å². The van der Waals surface area contributed by atoms with E-state index in [0.29, 0.717) is 12.2 Å². The number of nitrogens with zero attached hydrogens (tertiary/aromatic N) is 3. The average Bonchev–Trinajstić information content (AvgIpc) is 2.75. The lowest BCUT2D eigenvalue weighted by atomic mass is 10.1. The van der Waals surface area contributed by atoms with E-state index in [4.69, 9.17) is 10.3 Å². The molecule has 0 spiro atoms. The zero-order valence-corrected chi connectivity index (χ0v) is 10.0. The van der Waals surface area contributed by atoms with Gasteiger partial charge in [-0.25, -0.2) is 4.39 Å². The first-order chi connectivity index (χ1) is 8.97. The van der Waals surface area contributed by atoms with Crippen LogP contribution in [0.25, 0.3) is 11.5 Å². The molecule has 1 aromatic carbocycles. The zero-order valence-electron chi connectivity index (χ0n) is 10.0. The summed E-state index contributed by atoms with van der Waals surface area (Å²) in [5.41, 5.74) is 5.24. The Morgan fingerprint density at radius 1 is 1.58 bits per heavy atom. The molecular formula is C11H11FN4O3. The van der Waals surface area contributed by atoms with Crippen LogP contribution in [-0.4, -0.2) is 21.1 Å². The molecule has 0 fully saturated rings. The topological polar surface area (TPSA) is 108 Å². The Balaban J connectivity index is 2.43. The van der Waals surface area contributed by atoms with Gasteiger partial charge >= 0.3 is 0 Å². The highest BCUT2D eigenvalue weighted by Gasteiger charge is 2.21. The van der Waals surface area contributed by atoms with Crippen LogP contribution in [0.2, 0.25) is 0 Å². The van der Waals surface area contributed by atoms with E-state index in [-0.39, 0.29) is 23.2 Å². The summed E-state index contributed by atoms with van der Waals surface area (Å²) in [7, 11) is 0. The highest BCUT2D eigenvalue weighted by molar-refractivity contribution is 5.66. The first-order valence-corrected chi connectivity index (χ1v) is 5.50. The minimum absolute atomic E-state index is 0.0478. The van der Waals surface area contributed by atoms with E-state index in [0.717, 1.165) is 18.2 Å². The summed E-state index contributed by atoms with van der Waals surface area (Å²) in [4.78, 5) is 14.2. The van der Waals surface area contributed by atoms with E-state index in [1.807, 2.05) is 0 Å². The van der Waals surface area contributed by atoms with Crippen LogP contribution >= 0.6 is 0 Å². The van der Waals surface area contributed by atoms with E-state index in [1.165, 1.54) is 0 Å². The minimum atomic E-state index is -0.635. The Kier molecular flexibility index (Phi) is 3.52. The molecule has 19 heavy (non-hydrogen) atoms. The smallest absolute Gasteiger partial charge is 0.282 e. The second-order valence-corrected chi connectivity index (χ2v) is 4.12. The SMILES string of the molecule is CC(N)Cc1noc(-c2cc(F)ccc2[N+](=O)[O-])n1. The number of aromatic nitrogens is 2. The first kappa shape index (κ1) is 13.1. The van der Waals surface area contributed by atoms with Crippen molar-refractivity contribution in [1.29, 1.82) is 0 Å². The van der Waals surface area contributed by atoms with Gasteiger partial charge in [0.25, 0.3) is 11.6 Å². The van der Waals surface area contributed by atoms with Crippen LogP contribution < -0.4 is 5.73 Å². The number of halogens is 1. The van der Waals surface area contributed by atoms with Crippen molar-refractivity contribution in [3.63, 3.8) is 0 Å². The van der Waals surface area contributed by atoms with Crippen molar-refractivity contribution in [2.45, 2.75) is 19.4 Å². The minimum Gasteiger partial charge on any atom is -0.334 e. The fourth-order valence-corrected chi connectivity index (χ4v) is 1.57. The molecule has 0 radical (unpaired) electrons. The van der Waals surface area contributed by atoms with Gasteiger partial charge in [0.05, 0.1) is 4.92 Å². The Morgan fingerprint density at radius 2 is 2.32 bits per heavy atom. The van der Waals surface area contributed by atoms with Crippen molar-refractivity contribution in [2.75, 3.05) is 0 Å². The second-order valence-electron chi connectivity index (χ2n) is 4.12. The quantitative estimate of drug-likeness (QED) is 0.666. The van der Waals surface area contributed by atoms with Gasteiger partial charge in [0.15, 0.2) is 5.82 Å². The van der Waals surface area contributed by atoms with Crippen molar-refractivity contribution in [3.8, 4) is 11.5 Å². The molecule has 2 rings (SSSR count). The lowest BCUT2D eigenvalue weighted by Crippen LogP contribution is -2.18. The second kappa shape index (κ2) is 5.11. The third kappa shape index (κ3) is 2.91. The lowest BCUT2D eigenvalue weighted by molar-refractivity contribution is -0.384. The van der Waals surface area contributed by atoms with E-state index < -0.39 is 10.7 Å². The molecule has 2 N–H and O–H groups in total. The van der Waals surface area contributed by atoms with Crippen molar-refractivity contribution in [3.05, 3.63) is 40.0 Å². The molecule has 2 aromatic rings. The van der Waals surface area contributed by atoms with E-state index in [9.17, 15) is 14.5 Å². The van der Waals surface area contributed by atoms with Crippen molar-refractivity contribution in [2.24, 2.45) is 5.73 Å². The molecule has 0 aliphatic heterocycles. The van der Waals surface area contributed by atoms with Crippen molar-refractivity contribution in [1.82, 2.24) is 10.1 Å². The van der Waals surface area contributed by atoms with Gasteiger partial charge in [0, 0.05) is 18.5 Å². The molecule has 0 bridgehead atoms. The first-order valence-electron chi connectivity index (χ1n) is 5.50. The fraction of sp³-hybridized carbons (Fsp3) is 0.273. The van der Waals surface area contributed by atoms with Gasteiger partial charge in [-0.2, -0.15) is 4.98 Å². The number of rotatable bonds is 4. The lowest BCUT2D eigenvalue weighted by Gasteiger charge is -1.98. The van der Waals surface area contributed by atoms with Crippen LogP contribution in [0, 0.1) is 15.9 Å². The summed E-state index contributed by atoms with van der Waals surface area (Å²) in [6, 6.07) is 2.87. The van der Waals surface area contributed by atoms with Gasteiger partial charge in [-0.15, -0.1) is 0 Å². The third-order valence-electron chi connectivity index (χ3n) is 2.36. The summed E-state index contributed by atoms with van der Waals surface area (Å²) in [5.74, 6) is -0.391. The fourth-order valence-electron chi connectivity index (χ4n) is 1.57. The number of nitrogens with two attached hydrogens (primary N) is 1. The van der Waals surface area contributed by atoms with E-state index in [1.54, 1.807) is 6.92 Å². The Bertz CT molecular complexity index is 612. The number of hydrogen-bond donors (Lipinski definition) is 1. The molecule has 0 saturated carbocycles. The Labute approximate surface area is 107 Å². The van der Waals surface area contributed by atoms with Gasteiger partial charge in [0.1, 0.15) is 11.4 Å². The summed E-state index contributed by atoms with van der Waals surface area (Å²) in [5, 5.41) is 14.5. The maximum Gasteiger partial charge on any atom is 0.282 e. The molecule has 0 aliphatic rings. The van der Waals surface area contributed by atoms with Crippen LogP contribution in [0.4, 0.5) is 10.1 Å². The Morgan fingerprint density at radius 3 is 2.95 bits per heavy atom. The highest BCUT2D eigenvalue weighted by atomic mass is 19.1. The highest BCUT2D eigenvalue weighted by Crippen LogP contribution is 2.29. The summed E-state index contributed by atoms with van der Waals surface area (Å²) >= 11 is 0. The van der Waals surface area contributed by atoms with E-state index in [2.05, 4.69) is 10.1 Å². The van der Waals surface area contributed by atoms with Crippen molar-refractivity contribution >= 4 is 5.69 Å². The molecule has 1 unspecified atom stereocenters. The van der Waals surface area contributed by atoms with Gasteiger partial charge in [0.2, 0.25) is 0 Å². The maximum absolute atomic E-state index is 13.2. The molecule has 1 heterocycles. The van der Waals surface area contributed by atoms with Crippen LogP contribution in [0.3, 0.4) is 0 Å². The van der Waals surface area contributed by atoms with Gasteiger partial charge in [-0.05, 0) is 19.1 Å². The van der Waals surface area contributed by atoms with E-state index >= 15 is 0 Å². The predicted molar refractivity (Wildman–Crippen MR) is 63.7 cm³/mol. The maximum atomic E-state index is 13.2. The molecule has 0 amide bonds. The average molecular weight is 266 g/mol. The number of benzene rings is 1. The number of nitro benzene ring substituents is 1. The molecule has 7 nitrogen and oxygen atoms in total. The molecule has 0 aliphatic carbocycles. The van der Waals surface area contributed by atoms with Crippen LogP contribution in [-0.2, 0) is 6.42 Å². The molecule has 1 atom stereocenters. The molecule has 100 valence electrons. The molecule has 1 aromatic heterocycles. The zero-order chi connectivity index (χ0) is 14.0. The molecule has 0 saturated heterocycles. The summed E-state index contributed by atoms with van der Waals surface area (Å²) < 4.78 is 18.1. The molecule has 8 heteroatoms. The number of hydrogen-bond acceptors (Lipinski definition) is 6.